The second-order valence-electron chi connectivity index (χ2n) is 12.1. The number of carboxylic acid groups (broad SMARTS) is 1. The summed E-state index contributed by atoms with van der Waals surface area (Å²) in [7, 11) is 0. The highest BCUT2D eigenvalue weighted by Gasteiger charge is 2.41. The number of hydrogen-bond acceptors (Lipinski definition) is 5. The van der Waals surface area contributed by atoms with Crippen molar-refractivity contribution in [2.75, 3.05) is 24.6 Å². The van der Waals surface area contributed by atoms with Gasteiger partial charge in [0.25, 0.3) is 0 Å². The number of carboxylic acids is 1. The Labute approximate surface area is 230 Å². The minimum absolute atomic E-state index is 0.130. The average Bonchev–Trinajstić information content (AvgIpc) is 2.82. The van der Waals surface area contributed by atoms with Crippen molar-refractivity contribution in [3.63, 3.8) is 0 Å². The molecule has 1 atom stereocenters. The van der Waals surface area contributed by atoms with Crippen LogP contribution in [0.25, 0.3) is 11.1 Å². The van der Waals surface area contributed by atoms with Gasteiger partial charge in [0, 0.05) is 42.0 Å². The van der Waals surface area contributed by atoms with Crippen LogP contribution in [0.15, 0.2) is 48.5 Å². The highest BCUT2D eigenvalue weighted by Crippen LogP contribution is 2.46. The Kier molecular flexibility index (Phi) is 8.03. The lowest BCUT2D eigenvalue weighted by atomic mass is 9.82. The highest BCUT2D eigenvalue weighted by molar-refractivity contribution is 5.88. The van der Waals surface area contributed by atoms with Crippen molar-refractivity contribution in [1.29, 1.82) is 0 Å². The van der Waals surface area contributed by atoms with Crippen molar-refractivity contribution in [2.45, 2.75) is 66.6 Å². The van der Waals surface area contributed by atoms with Gasteiger partial charge >= 0.3 is 5.97 Å². The van der Waals surface area contributed by atoms with E-state index in [2.05, 4.69) is 18.7 Å². The van der Waals surface area contributed by atoms with Gasteiger partial charge in [0.15, 0.2) is 6.10 Å². The molecular formula is C32H39FN2O4. The molecule has 2 aromatic carbocycles. The van der Waals surface area contributed by atoms with Crippen molar-refractivity contribution < 1.29 is 23.8 Å². The Morgan fingerprint density at radius 3 is 2.21 bits per heavy atom. The number of ether oxygens (including phenoxy) is 2. The van der Waals surface area contributed by atoms with Gasteiger partial charge in [0.05, 0.1) is 17.9 Å². The van der Waals surface area contributed by atoms with Crippen LogP contribution in [0.3, 0.4) is 0 Å². The van der Waals surface area contributed by atoms with E-state index >= 15 is 0 Å². The fourth-order valence-electron chi connectivity index (χ4n) is 5.22. The number of anilines is 1. The molecule has 1 N–H and O–H groups in total. The van der Waals surface area contributed by atoms with Gasteiger partial charge < -0.3 is 19.5 Å². The molecule has 1 unspecified atom stereocenters. The molecule has 208 valence electrons. The minimum atomic E-state index is -1.15. The predicted octanol–water partition coefficient (Wildman–Crippen LogP) is 6.91. The maximum Gasteiger partial charge on any atom is 0.337 e. The monoisotopic (exact) mass is 534 g/mol. The van der Waals surface area contributed by atoms with Crippen LogP contribution in [-0.4, -0.2) is 41.4 Å². The molecule has 1 aliphatic rings. The van der Waals surface area contributed by atoms with E-state index in [1.54, 1.807) is 12.1 Å². The second-order valence-corrected chi connectivity index (χ2v) is 12.1. The summed E-state index contributed by atoms with van der Waals surface area (Å²) in [6, 6.07) is 14.3. The third-order valence-electron chi connectivity index (χ3n) is 6.81. The first-order valence-corrected chi connectivity index (χ1v) is 13.4. The van der Waals surface area contributed by atoms with Gasteiger partial charge in [-0.2, -0.15) is 0 Å². The van der Waals surface area contributed by atoms with Gasteiger partial charge in [-0.25, -0.2) is 9.18 Å². The molecule has 1 aliphatic heterocycles. The van der Waals surface area contributed by atoms with Gasteiger partial charge in [-0.15, -0.1) is 0 Å². The SMILES string of the molecule is Cc1nc(C)c(C(OC(C)(C)C)C(=O)O)c(N2CC(C)(C)C2)c1-c1ccc(OCCc2ccc(F)cc2)cc1. The van der Waals surface area contributed by atoms with Crippen molar-refractivity contribution in [2.24, 2.45) is 5.41 Å². The molecule has 0 spiro atoms. The van der Waals surface area contributed by atoms with Crippen LogP contribution in [0, 0.1) is 25.1 Å². The fraction of sp³-hybridized carbons (Fsp3) is 0.438. The van der Waals surface area contributed by atoms with E-state index in [4.69, 9.17) is 14.5 Å². The molecule has 0 bridgehead atoms. The summed E-state index contributed by atoms with van der Waals surface area (Å²) in [4.78, 5) is 19.6. The topological polar surface area (TPSA) is 71.9 Å². The van der Waals surface area contributed by atoms with E-state index < -0.39 is 17.7 Å². The lowest BCUT2D eigenvalue weighted by molar-refractivity contribution is -0.160. The molecule has 1 saturated heterocycles. The quantitative estimate of drug-likeness (QED) is 0.322. The zero-order chi connectivity index (χ0) is 28.5. The zero-order valence-electron chi connectivity index (χ0n) is 24.0. The number of hydrogen-bond donors (Lipinski definition) is 1. The Balaban J connectivity index is 1.69. The fourth-order valence-corrected chi connectivity index (χ4v) is 5.22. The van der Waals surface area contributed by atoms with Crippen molar-refractivity contribution >= 4 is 11.7 Å². The summed E-state index contributed by atoms with van der Waals surface area (Å²) in [5.41, 5.74) is 5.31. The first-order chi connectivity index (χ1) is 18.2. The van der Waals surface area contributed by atoms with Gasteiger partial charge in [0.2, 0.25) is 0 Å². The lowest BCUT2D eigenvalue weighted by Gasteiger charge is -2.49. The summed E-state index contributed by atoms with van der Waals surface area (Å²) in [5, 5.41) is 10.3. The van der Waals surface area contributed by atoms with E-state index in [0.29, 0.717) is 24.3 Å². The van der Waals surface area contributed by atoms with Crippen LogP contribution in [0.5, 0.6) is 5.75 Å². The Morgan fingerprint density at radius 2 is 1.67 bits per heavy atom. The van der Waals surface area contributed by atoms with E-state index in [0.717, 1.165) is 46.9 Å². The predicted molar refractivity (Wildman–Crippen MR) is 152 cm³/mol. The summed E-state index contributed by atoms with van der Waals surface area (Å²) in [5.74, 6) is -0.555. The molecule has 1 aromatic heterocycles. The molecule has 0 amide bonds. The average molecular weight is 535 g/mol. The molecule has 0 aliphatic carbocycles. The molecule has 2 heterocycles. The van der Waals surface area contributed by atoms with Crippen LogP contribution in [0.2, 0.25) is 0 Å². The molecule has 6 nitrogen and oxygen atoms in total. The number of rotatable bonds is 9. The normalized spacial score (nSPS) is 15.5. The third-order valence-corrected chi connectivity index (χ3v) is 6.81. The van der Waals surface area contributed by atoms with Crippen molar-refractivity contribution in [1.82, 2.24) is 4.98 Å². The molecule has 4 rings (SSSR count). The molecule has 39 heavy (non-hydrogen) atoms. The van der Waals surface area contributed by atoms with E-state index in [-0.39, 0.29) is 11.2 Å². The van der Waals surface area contributed by atoms with Gasteiger partial charge in [0.1, 0.15) is 11.6 Å². The Hall–Kier alpha value is -3.45. The number of nitrogens with zero attached hydrogens (tertiary/aromatic N) is 2. The van der Waals surface area contributed by atoms with Crippen LogP contribution in [0.1, 0.15) is 63.2 Å². The molecule has 0 saturated carbocycles. The van der Waals surface area contributed by atoms with Gasteiger partial charge in [-0.1, -0.05) is 38.1 Å². The van der Waals surface area contributed by atoms with E-state index in [1.165, 1.54) is 12.1 Å². The highest BCUT2D eigenvalue weighted by atomic mass is 19.1. The molecule has 7 heteroatoms. The zero-order valence-corrected chi connectivity index (χ0v) is 24.0. The smallest absolute Gasteiger partial charge is 0.337 e. The van der Waals surface area contributed by atoms with Crippen LogP contribution in [-0.2, 0) is 16.0 Å². The minimum Gasteiger partial charge on any atom is -0.493 e. The summed E-state index contributed by atoms with van der Waals surface area (Å²) in [6.07, 6.45) is -0.476. The van der Waals surface area contributed by atoms with Crippen molar-refractivity contribution in [3.8, 4) is 16.9 Å². The number of aryl methyl sites for hydroxylation is 2. The molecule has 0 radical (unpaired) electrons. The second kappa shape index (κ2) is 11.0. The first-order valence-electron chi connectivity index (χ1n) is 13.4. The molecule has 3 aromatic rings. The number of carbonyl (C=O) groups is 1. The summed E-state index contributed by atoms with van der Waals surface area (Å²) >= 11 is 0. The number of aliphatic carboxylic acids is 1. The number of benzene rings is 2. The maximum absolute atomic E-state index is 13.2. The van der Waals surface area contributed by atoms with Crippen LogP contribution in [0.4, 0.5) is 10.1 Å². The van der Waals surface area contributed by atoms with E-state index in [9.17, 15) is 14.3 Å². The standard InChI is InChI=1S/C32H39FN2O4/c1-20-26(23-10-14-25(15-11-23)38-17-16-22-8-12-24(33)13-9-22)28(35-18-32(6,7)19-35)27(21(2)34-20)29(30(36)37)39-31(3,4)5/h8-15,29H,16-19H2,1-7H3,(H,36,37). The Morgan fingerprint density at radius 1 is 1.05 bits per heavy atom. The third kappa shape index (κ3) is 6.77. The van der Waals surface area contributed by atoms with E-state index in [1.807, 2.05) is 58.9 Å². The molecular weight excluding hydrogens is 495 g/mol. The Bertz CT molecular complexity index is 1320. The largest absolute Gasteiger partial charge is 0.493 e. The van der Waals surface area contributed by atoms with Crippen LogP contribution >= 0.6 is 0 Å². The van der Waals surface area contributed by atoms with Crippen LogP contribution < -0.4 is 9.64 Å². The lowest BCUT2D eigenvalue weighted by Crippen LogP contribution is -2.54. The maximum atomic E-state index is 13.2. The van der Waals surface area contributed by atoms with Gasteiger partial charge in [-0.3, -0.25) is 4.98 Å². The summed E-state index contributed by atoms with van der Waals surface area (Å²) < 4.78 is 25.2. The van der Waals surface area contributed by atoms with Crippen molar-refractivity contribution in [3.05, 3.63) is 76.9 Å². The van der Waals surface area contributed by atoms with Gasteiger partial charge in [-0.05, 0) is 75.4 Å². The number of halogens is 1. The molecule has 1 fully saturated rings. The summed E-state index contributed by atoms with van der Waals surface area (Å²) in [6.45, 7) is 15.9. The number of aromatic nitrogens is 1. The number of pyridine rings is 1. The first kappa shape index (κ1) is 28.6.